The Morgan fingerprint density at radius 1 is 1.02 bits per heavy atom. The number of aliphatic hydroxyl groups excluding tert-OH is 2. The number of rotatable bonds is 12. The lowest BCUT2D eigenvalue weighted by molar-refractivity contribution is -0.245. The number of aromatic nitrogens is 2. The van der Waals surface area contributed by atoms with Crippen molar-refractivity contribution in [3.8, 4) is 0 Å². The molecule has 342 valence electrons. The predicted molar refractivity (Wildman–Crippen MR) is 246 cm³/mol. The number of nitrogens with one attached hydrogen (secondary N) is 2. The Bertz CT molecular complexity index is 2320. The Balaban J connectivity index is 1.09. The zero-order valence-corrected chi connectivity index (χ0v) is 39.4. The van der Waals surface area contributed by atoms with Gasteiger partial charge in [-0.1, -0.05) is 57.9 Å². The van der Waals surface area contributed by atoms with Crippen LogP contribution in [0.1, 0.15) is 140 Å². The standard InChI is InChI=1S/C54H75N3O6/c1-31-24-33(27-35(25-31)34-14-22-62-23-15-34)28-36-29-57(39-13-20-56-45(36)39)30-37-44-43(32(2)26-40(58)49-50(3,4)63-49)47(61)38-10-9-16-54(53(38,44)7)18-11-41-51(5,19-21-55-8)42(59)12-17-52(41,6)48(54)46(37)60/h13,20,24-25,27,29,32,34,37-38,40-41,46,48-49,55-56,58,60H,9-12,14-19,21-23,26,28,30H2,1-8H3. The molecule has 4 saturated carbocycles. The molecule has 7 aliphatic rings. The quantitative estimate of drug-likeness (QED) is 0.134. The Morgan fingerprint density at radius 2 is 1.78 bits per heavy atom. The highest BCUT2D eigenvalue weighted by Crippen LogP contribution is 2.79. The van der Waals surface area contributed by atoms with Crippen LogP contribution in [0.4, 0.5) is 0 Å². The fourth-order valence-electron chi connectivity index (χ4n) is 16.5. The number of hydrogen-bond acceptors (Lipinski definition) is 7. The largest absolute Gasteiger partial charge is 0.392 e. The zero-order chi connectivity index (χ0) is 44.4. The summed E-state index contributed by atoms with van der Waals surface area (Å²) in [7, 11) is 1.98. The number of Topliss-reactive ketones (excluding diaryl/α,β-unsaturated/α-hetero) is 2. The summed E-state index contributed by atoms with van der Waals surface area (Å²) < 4.78 is 14.0. The molecule has 12 atom stereocenters. The van der Waals surface area contributed by atoms with Crippen molar-refractivity contribution < 1.29 is 29.3 Å². The van der Waals surface area contributed by atoms with Crippen LogP contribution >= 0.6 is 0 Å². The van der Waals surface area contributed by atoms with Crippen molar-refractivity contribution >= 4 is 22.6 Å². The smallest absolute Gasteiger partial charge is 0.163 e. The molecular weight excluding hydrogens is 787 g/mol. The first-order valence-corrected chi connectivity index (χ1v) is 24.8. The molecule has 4 N–H and O–H groups in total. The average Bonchev–Trinajstić information content (AvgIpc) is 3.49. The number of carbonyl (C=O) groups excluding carboxylic acids is 2. The van der Waals surface area contributed by atoms with Crippen LogP contribution in [0.3, 0.4) is 0 Å². The van der Waals surface area contributed by atoms with Gasteiger partial charge in [-0.3, -0.25) is 9.59 Å². The molecule has 0 radical (unpaired) electrons. The van der Waals surface area contributed by atoms with Gasteiger partial charge < -0.3 is 34.6 Å². The maximum absolute atomic E-state index is 15.5. The molecule has 0 amide bonds. The average molecular weight is 862 g/mol. The molecular formula is C54H75N3O6. The number of H-pyrrole nitrogens is 1. The SMILES string of the molecule is CNCCC1(C)C(=O)CCC2(C)C1CCC13CCCC4C(=O)C(C(C)CC(O)C5OC5(C)C)=C(C(Cn5cc(Cc6cc(C)cc(C7CCOCC7)c6)c6[nH]ccc65)C(O)C21)C43C. The van der Waals surface area contributed by atoms with Crippen molar-refractivity contribution in [3.05, 3.63) is 70.1 Å². The molecule has 3 aromatic rings. The van der Waals surface area contributed by atoms with Crippen LogP contribution in [0.15, 0.2) is 47.8 Å². The molecule has 2 saturated heterocycles. The number of benzene rings is 1. The third-order valence-corrected chi connectivity index (χ3v) is 19.4. The Hall–Kier alpha value is -3.08. The topological polar surface area (TPSA) is 129 Å². The van der Waals surface area contributed by atoms with Gasteiger partial charge >= 0.3 is 0 Å². The Labute approximate surface area is 375 Å². The summed E-state index contributed by atoms with van der Waals surface area (Å²) in [5.41, 5.74) is 7.73. The van der Waals surface area contributed by atoms with E-state index in [1.165, 1.54) is 27.8 Å². The van der Waals surface area contributed by atoms with E-state index in [1.54, 1.807) is 0 Å². The monoisotopic (exact) mass is 862 g/mol. The van der Waals surface area contributed by atoms with Gasteiger partial charge in [-0.25, -0.2) is 0 Å². The second kappa shape index (κ2) is 15.5. The van der Waals surface area contributed by atoms with E-state index in [4.69, 9.17) is 9.47 Å². The lowest BCUT2D eigenvalue weighted by atomic mass is 9.31. The van der Waals surface area contributed by atoms with Gasteiger partial charge in [0.25, 0.3) is 0 Å². The minimum absolute atomic E-state index is 0.0614. The van der Waals surface area contributed by atoms with Crippen molar-refractivity contribution in [1.82, 2.24) is 14.9 Å². The minimum atomic E-state index is -0.705. The van der Waals surface area contributed by atoms with Gasteiger partial charge in [-0.2, -0.15) is 0 Å². The fraction of sp³-hybridized carbons (Fsp3) is 0.704. The third-order valence-electron chi connectivity index (χ3n) is 19.4. The lowest BCUT2D eigenvalue weighted by Gasteiger charge is -2.73. The number of epoxide rings is 1. The van der Waals surface area contributed by atoms with E-state index in [-0.39, 0.29) is 57.9 Å². The van der Waals surface area contributed by atoms with Crippen LogP contribution in [0.25, 0.3) is 11.0 Å². The maximum Gasteiger partial charge on any atom is 0.163 e. The number of aromatic amines is 1. The maximum atomic E-state index is 15.5. The van der Waals surface area contributed by atoms with Crippen molar-refractivity contribution in [2.24, 2.45) is 51.2 Å². The van der Waals surface area contributed by atoms with Gasteiger partial charge in [-0.05, 0) is 161 Å². The first-order chi connectivity index (χ1) is 30.0. The number of nitrogens with zero attached hydrogens (tertiary/aromatic N) is 1. The van der Waals surface area contributed by atoms with E-state index in [9.17, 15) is 15.0 Å². The second-order valence-corrected chi connectivity index (χ2v) is 23.1. The van der Waals surface area contributed by atoms with Gasteiger partial charge in [0.1, 0.15) is 11.9 Å². The first kappa shape index (κ1) is 43.8. The van der Waals surface area contributed by atoms with Gasteiger partial charge in [0, 0.05) is 67.7 Å². The molecule has 5 aliphatic carbocycles. The number of fused-ring (bicyclic) bond motifs is 3. The zero-order valence-electron chi connectivity index (χ0n) is 39.4. The summed E-state index contributed by atoms with van der Waals surface area (Å²) in [5, 5.41) is 28.7. The first-order valence-electron chi connectivity index (χ1n) is 24.8. The summed E-state index contributed by atoms with van der Waals surface area (Å²) in [6, 6.07) is 9.27. The van der Waals surface area contributed by atoms with Gasteiger partial charge in [0.05, 0.1) is 28.8 Å². The summed E-state index contributed by atoms with van der Waals surface area (Å²) in [6.07, 6.45) is 12.9. The molecule has 63 heavy (non-hydrogen) atoms. The normalized spacial score (nSPS) is 38.4. The van der Waals surface area contributed by atoms with Gasteiger partial charge in [0.15, 0.2) is 5.78 Å². The Kier molecular flexibility index (Phi) is 10.8. The van der Waals surface area contributed by atoms with Crippen LogP contribution in [-0.2, 0) is 32.0 Å². The highest BCUT2D eigenvalue weighted by atomic mass is 16.6. The van der Waals surface area contributed by atoms with Crippen molar-refractivity contribution in [2.45, 2.75) is 162 Å². The van der Waals surface area contributed by atoms with E-state index >= 15 is 4.79 Å². The molecule has 9 heteroatoms. The number of ketones is 2. The van der Waals surface area contributed by atoms with E-state index < -0.39 is 23.0 Å². The highest BCUT2D eigenvalue weighted by Gasteiger charge is 2.76. The predicted octanol–water partition coefficient (Wildman–Crippen LogP) is 9.00. The molecule has 2 aromatic heterocycles. The molecule has 6 fully saturated rings. The van der Waals surface area contributed by atoms with Crippen LogP contribution in [0.5, 0.6) is 0 Å². The van der Waals surface area contributed by atoms with Crippen molar-refractivity contribution in [1.29, 1.82) is 0 Å². The van der Waals surface area contributed by atoms with Crippen molar-refractivity contribution in [3.63, 3.8) is 0 Å². The molecule has 1 aromatic carbocycles. The summed E-state index contributed by atoms with van der Waals surface area (Å²) in [6.45, 7) is 18.5. The molecule has 2 aliphatic heterocycles. The van der Waals surface area contributed by atoms with E-state index in [0.717, 1.165) is 101 Å². The molecule has 0 bridgehead atoms. The van der Waals surface area contributed by atoms with Gasteiger partial charge in [0.2, 0.25) is 0 Å². The summed E-state index contributed by atoms with van der Waals surface area (Å²) in [5.74, 6) is 0.602. The molecule has 4 heterocycles. The molecule has 1 spiro atoms. The van der Waals surface area contributed by atoms with Gasteiger partial charge in [-0.15, -0.1) is 0 Å². The van der Waals surface area contributed by atoms with Crippen LogP contribution in [-0.4, -0.2) is 82.0 Å². The molecule has 12 unspecified atom stereocenters. The van der Waals surface area contributed by atoms with E-state index in [0.29, 0.717) is 31.1 Å². The molecule has 10 rings (SSSR count). The number of allylic oxidation sites excluding steroid dienone is 1. The summed E-state index contributed by atoms with van der Waals surface area (Å²) >= 11 is 0. The van der Waals surface area contributed by atoms with E-state index in [1.807, 2.05) is 27.1 Å². The fourth-order valence-corrected chi connectivity index (χ4v) is 16.5. The number of aliphatic hydroxyl groups is 2. The Morgan fingerprint density at radius 3 is 2.51 bits per heavy atom. The lowest BCUT2D eigenvalue weighted by Crippen LogP contribution is -2.70. The number of aryl methyl sites for hydroxylation is 1. The molecule has 9 nitrogen and oxygen atoms in total. The van der Waals surface area contributed by atoms with Crippen molar-refractivity contribution in [2.75, 3.05) is 26.8 Å². The minimum Gasteiger partial charge on any atom is -0.392 e. The van der Waals surface area contributed by atoms with Crippen LogP contribution < -0.4 is 5.32 Å². The van der Waals surface area contributed by atoms with Crippen LogP contribution in [0.2, 0.25) is 0 Å². The number of ether oxygens (including phenoxy) is 2. The second-order valence-electron chi connectivity index (χ2n) is 23.1. The number of carbonyl (C=O) groups is 2. The number of hydrogen-bond donors (Lipinski definition) is 4. The highest BCUT2D eigenvalue weighted by molar-refractivity contribution is 6.03. The van der Waals surface area contributed by atoms with E-state index in [2.05, 4.69) is 79.9 Å². The summed E-state index contributed by atoms with van der Waals surface area (Å²) in [4.78, 5) is 33.2. The van der Waals surface area contributed by atoms with Crippen LogP contribution in [0, 0.1) is 58.2 Å². The third kappa shape index (κ3) is 6.53.